The Bertz CT molecular complexity index is 548. The van der Waals surface area contributed by atoms with Crippen LogP contribution in [0.3, 0.4) is 0 Å². The topological polar surface area (TPSA) is 36.3 Å². The molecule has 22 heavy (non-hydrogen) atoms. The Morgan fingerprint density at radius 2 is 2.32 bits per heavy atom. The standard InChI is InChI=1S/C17H21FN2OS/c18-17-4-3-13(9-19)8-14(17)10-20(15-5-7-22-12-15)11-16-2-1-6-21-16/h3-4,8,15-16H,1-2,5-7,10-12H2/t15-,16-/m1/s1. The fourth-order valence-corrected chi connectivity index (χ4v) is 4.44. The summed E-state index contributed by atoms with van der Waals surface area (Å²) in [5, 5.41) is 9.02. The van der Waals surface area contributed by atoms with E-state index < -0.39 is 0 Å². The van der Waals surface area contributed by atoms with Crippen molar-refractivity contribution < 1.29 is 9.13 Å². The summed E-state index contributed by atoms with van der Waals surface area (Å²) in [5.74, 6) is 2.06. The molecule has 0 spiro atoms. The number of halogens is 1. The Morgan fingerprint density at radius 1 is 1.41 bits per heavy atom. The summed E-state index contributed by atoms with van der Waals surface area (Å²) < 4.78 is 19.9. The Balaban J connectivity index is 1.75. The maximum absolute atomic E-state index is 14.1. The van der Waals surface area contributed by atoms with E-state index in [-0.39, 0.29) is 11.9 Å². The Labute approximate surface area is 135 Å². The average Bonchev–Trinajstić information content (AvgIpc) is 3.21. The van der Waals surface area contributed by atoms with Gasteiger partial charge < -0.3 is 4.74 Å². The van der Waals surface area contributed by atoms with Gasteiger partial charge in [-0.25, -0.2) is 4.39 Å². The second kappa shape index (κ2) is 7.45. The first-order valence-electron chi connectivity index (χ1n) is 7.88. The van der Waals surface area contributed by atoms with Crippen LogP contribution in [-0.2, 0) is 11.3 Å². The third kappa shape index (κ3) is 3.81. The average molecular weight is 320 g/mol. The number of rotatable bonds is 5. The van der Waals surface area contributed by atoms with E-state index in [1.165, 1.54) is 17.9 Å². The molecule has 0 bridgehead atoms. The van der Waals surface area contributed by atoms with Crippen LogP contribution in [-0.4, -0.2) is 41.7 Å². The van der Waals surface area contributed by atoms with Crippen molar-refractivity contribution in [3.63, 3.8) is 0 Å². The van der Waals surface area contributed by atoms with Crippen LogP contribution < -0.4 is 0 Å². The van der Waals surface area contributed by atoms with Crippen LogP contribution in [0.25, 0.3) is 0 Å². The molecule has 1 aromatic carbocycles. The van der Waals surface area contributed by atoms with E-state index in [0.29, 0.717) is 23.7 Å². The molecular formula is C17H21FN2OS. The van der Waals surface area contributed by atoms with Gasteiger partial charge in [0.05, 0.1) is 17.7 Å². The van der Waals surface area contributed by atoms with Crippen molar-refractivity contribution in [1.82, 2.24) is 4.90 Å². The molecule has 2 fully saturated rings. The molecule has 3 nitrogen and oxygen atoms in total. The molecule has 0 amide bonds. The number of hydrogen-bond donors (Lipinski definition) is 0. The first-order chi connectivity index (χ1) is 10.8. The smallest absolute Gasteiger partial charge is 0.127 e. The third-order valence-corrected chi connectivity index (χ3v) is 5.58. The molecule has 2 saturated heterocycles. The fraction of sp³-hybridized carbons (Fsp3) is 0.588. The molecule has 0 radical (unpaired) electrons. The first kappa shape index (κ1) is 15.8. The molecule has 5 heteroatoms. The maximum Gasteiger partial charge on any atom is 0.127 e. The summed E-state index contributed by atoms with van der Waals surface area (Å²) >= 11 is 1.96. The Morgan fingerprint density at radius 3 is 3.00 bits per heavy atom. The fourth-order valence-electron chi connectivity index (χ4n) is 3.19. The van der Waals surface area contributed by atoms with Crippen molar-refractivity contribution >= 4 is 11.8 Å². The second-order valence-electron chi connectivity index (χ2n) is 6.00. The molecule has 0 saturated carbocycles. The zero-order valence-electron chi connectivity index (χ0n) is 12.6. The van der Waals surface area contributed by atoms with Crippen molar-refractivity contribution in [2.75, 3.05) is 24.7 Å². The number of thioether (sulfide) groups is 1. The zero-order valence-corrected chi connectivity index (χ0v) is 13.4. The number of nitrogens with zero attached hydrogens (tertiary/aromatic N) is 2. The van der Waals surface area contributed by atoms with Crippen LogP contribution in [0.4, 0.5) is 4.39 Å². The lowest BCUT2D eigenvalue weighted by molar-refractivity contribution is 0.0571. The van der Waals surface area contributed by atoms with Crippen molar-refractivity contribution in [1.29, 1.82) is 5.26 Å². The van der Waals surface area contributed by atoms with E-state index in [1.807, 2.05) is 11.8 Å². The molecule has 0 unspecified atom stereocenters. The minimum atomic E-state index is -0.220. The predicted molar refractivity (Wildman–Crippen MR) is 86.2 cm³/mol. The SMILES string of the molecule is N#Cc1ccc(F)c(CN(C[C@H]2CCCO2)[C@@H]2CCSC2)c1. The molecule has 0 aliphatic carbocycles. The lowest BCUT2D eigenvalue weighted by Crippen LogP contribution is -2.40. The van der Waals surface area contributed by atoms with Gasteiger partial charge in [-0.3, -0.25) is 4.90 Å². The molecule has 118 valence electrons. The molecule has 3 rings (SSSR count). The van der Waals surface area contributed by atoms with Gasteiger partial charge in [-0.2, -0.15) is 17.0 Å². The van der Waals surface area contributed by atoms with Crippen LogP contribution in [0.15, 0.2) is 18.2 Å². The highest BCUT2D eigenvalue weighted by molar-refractivity contribution is 7.99. The summed E-state index contributed by atoms with van der Waals surface area (Å²) in [7, 11) is 0. The van der Waals surface area contributed by atoms with Crippen molar-refractivity contribution in [3.05, 3.63) is 35.1 Å². The summed E-state index contributed by atoms with van der Waals surface area (Å²) in [6.07, 6.45) is 3.64. The minimum absolute atomic E-state index is 0.220. The molecule has 1 aromatic rings. The van der Waals surface area contributed by atoms with Crippen molar-refractivity contribution in [3.8, 4) is 6.07 Å². The number of hydrogen-bond acceptors (Lipinski definition) is 4. The Hall–Kier alpha value is -1.09. The molecule has 0 aromatic heterocycles. The molecule has 2 heterocycles. The highest BCUT2D eigenvalue weighted by atomic mass is 32.2. The number of nitriles is 1. The monoisotopic (exact) mass is 320 g/mol. The van der Waals surface area contributed by atoms with Crippen LogP contribution in [0.5, 0.6) is 0 Å². The summed E-state index contributed by atoms with van der Waals surface area (Å²) in [5.41, 5.74) is 1.14. The lowest BCUT2D eigenvalue weighted by Gasteiger charge is -2.30. The van der Waals surface area contributed by atoms with E-state index in [9.17, 15) is 4.39 Å². The quantitative estimate of drug-likeness (QED) is 0.835. The van der Waals surface area contributed by atoms with E-state index in [4.69, 9.17) is 10.00 Å². The third-order valence-electron chi connectivity index (χ3n) is 4.43. The van der Waals surface area contributed by atoms with E-state index in [2.05, 4.69) is 11.0 Å². The van der Waals surface area contributed by atoms with Gasteiger partial charge in [0.2, 0.25) is 0 Å². The normalized spacial score (nSPS) is 24.8. The highest BCUT2D eigenvalue weighted by Crippen LogP contribution is 2.26. The van der Waals surface area contributed by atoms with Crippen LogP contribution in [0, 0.1) is 17.1 Å². The lowest BCUT2D eigenvalue weighted by atomic mass is 10.1. The maximum atomic E-state index is 14.1. The molecular weight excluding hydrogens is 299 g/mol. The molecule has 2 aliphatic rings. The van der Waals surface area contributed by atoms with E-state index in [1.54, 1.807) is 6.07 Å². The van der Waals surface area contributed by atoms with Crippen LogP contribution in [0.1, 0.15) is 30.4 Å². The van der Waals surface area contributed by atoms with Crippen LogP contribution >= 0.6 is 11.8 Å². The predicted octanol–water partition coefficient (Wildman–Crippen LogP) is 3.18. The van der Waals surface area contributed by atoms with Gasteiger partial charge in [-0.1, -0.05) is 0 Å². The largest absolute Gasteiger partial charge is 0.377 e. The van der Waals surface area contributed by atoms with E-state index in [0.717, 1.165) is 38.2 Å². The highest BCUT2D eigenvalue weighted by Gasteiger charge is 2.28. The summed E-state index contributed by atoms with van der Waals surface area (Å²) in [4.78, 5) is 2.36. The van der Waals surface area contributed by atoms with Gasteiger partial charge in [0, 0.05) is 37.1 Å². The zero-order chi connectivity index (χ0) is 15.4. The van der Waals surface area contributed by atoms with Gasteiger partial charge >= 0.3 is 0 Å². The van der Waals surface area contributed by atoms with Gasteiger partial charge in [0.25, 0.3) is 0 Å². The second-order valence-corrected chi connectivity index (χ2v) is 7.15. The van der Waals surface area contributed by atoms with E-state index >= 15 is 0 Å². The minimum Gasteiger partial charge on any atom is -0.377 e. The number of ether oxygens (including phenoxy) is 1. The van der Waals surface area contributed by atoms with Gasteiger partial charge in [0.1, 0.15) is 5.82 Å². The van der Waals surface area contributed by atoms with Gasteiger partial charge in [-0.05, 0) is 43.2 Å². The molecule has 2 atom stereocenters. The van der Waals surface area contributed by atoms with Gasteiger partial charge in [0.15, 0.2) is 0 Å². The molecule has 0 N–H and O–H groups in total. The molecule has 2 aliphatic heterocycles. The van der Waals surface area contributed by atoms with Crippen molar-refractivity contribution in [2.24, 2.45) is 0 Å². The first-order valence-corrected chi connectivity index (χ1v) is 9.03. The number of benzene rings is 1. The summed E-state index contributed by atoms with van der Waals surface area (Å²) in [6, 6.07) is 7.20. The van der Waals surface area contributed by atoms with Crippen LogP contribution in [0.2, 0.25) is 0 Å². The van der Waals surface area contributed by atoms with Gasteiger partial charge in [-0.15, -0.1) is 0 Å². The Kier molecular flexibility index (Phi) is 5.35. The van der Waals surface area contributed by atoms with Crippen molar-refractivity contribution in [2.45, 2.75) is 38.0 Å². The summed E-state index contributed by atoms with van der Waals surface area (Å²) in [6.45, 7) is 2.27.